The topological polar surface area (TPSA) is 36.6 Å². The Hall–Kier alpha value is -1.95. The molecule has 0 spiro atoms. The fourth-order valence-corrected chi connectivity index (χ4v) is 1.94. The van der Waals surface area contributed by atoms with Crippen LogP contribution in [-0.4, -0.2) is 25.4 Å². The van der Waals surface area contributed by atoms with E-state index in [1.807, 2.05) is 0 Å². The van der Waals surface area contributed by atoms with Crippen LogP contribution in [0.25, 0.3) is 0 Å². The molecule has 1 heterocycles. The molecule has 2 rings (SSSR count). The zero-order chi connectivity index (χ0) is 15.0. The minimum Gasteiger partial charge on any atom is -0.466 e. The van der Waals surface area contributed by atoms with Gasteiger partial charge in [-0.05, 0) is 24.3 Å². The predicted molar refractivity (Wildman–Crippen MR) is 68.5 cm³/mol. The van der Waals surface area contributed by atoms with Crippen LogP contribution in [0.5, 0.6) is 0 Å². The third kappa shape index (κ3) is 2.27. The molecule has 1 atom stereocenters. The highest BCUT2D eigenvalue weighted by atomic mass is 19.4. The number of benzene rings is 1. The molecule has 0 aliphatic carbocycles. The Labute approximate surface area is 114 Å². The van der Waals surface area contributed by atoms with Crippen molar-refractivity contribution >= 4 is 5.69 Å². The highest BCUT2D eigenvalue weighted by Crippen LogP contribution is 2.44. The number of hydrogen-bond acceptors (Lipinski definition) is 3. The summed E-state index contributed by atoms with van der Waals surface area (Å²) in [6, 6.07) is 8.05. The van der Waals surface area contributed by atoms with Gasteiger partial charge >= 0.3 is 6.18 Å². The van der Waals surface area contributed by atoms with E-state index in [0.717, 1.165) is 12.3 Å². The van der Waals surface area contributed by atoms with Gasteiger partial charge in [0.15, 0.2) is 0 Å². The molecule has 1 aromatic heterocycles. The lowest BCUT2D eigenvalue weighted by Gasteiger charge is -2.29. The van der Waals surface area contributed by atoms with Gasteiger partial charge < -0.3 is 14.4 Å². The van der Waals surface area contributed by atoms with E-state index >= 15 is 0 Å². The van der Waals surface area contributed by atoms with Gasteiger partial charge in [0.25, 0.3) is 0 Å². The lowest BCUT2D eigenvalue weighted by atomic mass is 9.90. The summed E-state index contributed by atoms with van der Waals surface area (Å²) in [5.41, 5.74) is -2.90. The first-order valence-corrected chi connectivity index (χ1v) is 5.88. The van der Waals surface area contributed by atoms with Crippen molar-refractivity contribution in [1.82, 2.24) is 0 Å². The number of halogens is 3. The van der Waals surface area contributed by atoms with Gasteiger partial charge in [-0.15, -0.1) is 0 Å². The van der Waals surface area contributed by atoms with E-state index in [4.69, 9.17) is 4.42 Å². The molecule has 1 aromatic carbocycles. The van der Waals surface area contributed by atoms with Crippen molar-refractivity contribution < 1.29 is 22.7 Å². The van der Waals surface area contributed by atoms with Crippen LogP contribution < -0.4 is 4.90 Å². The van der Waals surface area contributed by atoms with E-state index in [1.54, 1.807) is 25.1 Å². The summed E-state index contributed by atoms with van der Waals surface area (Å²) in [5.74, 6) is -0.555. The maximum absolute atomic E-state index is 13.4. The standard InChI is InChI=1S/C14H14F3NO2/c1-18(2)11-6-3-5-10(9-11)13(19,14(15,16)17)12-7-4-8-20-12/h3-9,19H,1-2H3. The van der Waals surface area contributed by atoms with Crippen LogP contribution in [0.1, 0.15) is 11.3 Å². The molecule has 2 aromatic rings. The monoisotopic (exact) mass is 285 g/mol. The van der Waals surface area contributed by atoms with E-state index in [2.05, 4.69) is 0 Å². The molecule has 0 bridgehead atoms. The SMILES string of the molecule is CN(C)c1cccc(C(O)(c2ccco2)C(F)(F)F)c1. The molecule has 0 aliphatic heterocycles. The molecule has 0 radical (unpaired) electrons. The fourth-order valence-electron chi connectivity index (χ4n) is 1.94. The summed E-state index contributed by atoms with van der Waals surface area (Å²) in [6.07, 6.45) is -3.79. The molecule has 20 heavy (non-hydrogen) atoms. The van der Waals surface area contributed by atoms with Crippen LogP contribution in [0.2, 0.25) is 0 Å². The Morgan fingerprint density at radius 1 is 1.10 bits per heavy atom. The quantitative estimate of drug-likeness (QED) is 0.941. The van der Waals surface area contributed by atoms with Crippen LogP contribution in [0.15, 0.2) is 47.1 Å². The first-order chi connectivity index (χ1) is 9.26. The zero-order valence-electron chi connectivity index (χ0n) is 11.0. The fraction of sp³-hybridized carbons (Fsp3) is 0.286. The molecule has 1 N–H and O–H groups in total. The van der Waals surface area contributed by atoms with Gasteiger partial charge in [-0.3, -0.25) is 0 Å². The van der Waals surface area contributed by atoms with Gasteiger partial charge in [-0.25, -0.2) is 0 Å². The Kier molecular flexibility index (Phi) is 3.52. The van der Waals surface area contributed by atoms with Crippen molar-refractivity contribution in [1.29, 1.82) is 0 Å². The third-order valence-corrected chi connectivity index (χ3v) is 3.07. The van der Waals surface area contributed by atoms with E-state index in [0.29, 0.717) is 5.69 Å². The Morgan fingerprint density at radius 2 is 1.80 bits per heavy atom. The van der Waals surface area contributed by atoms with E-state index in [-0.39, 0.29) is 5.56 Å². The van der Waals surface area contributed by atoms with E-state index in [9.17, 15) is 18.3 Å². The number of anilines is 1. The van der Waals surface area contributed by atoms with E-state index < -0.39 is 17.5 Å². The number of nitrogens with zero attached hydrogens (tertiary/aromatic N) is 1. The second-order valence-corrected chi connectivity index (χ2v) is 4.63. The minimum atomic E-state index is -4.89. The molecule has 108 valence electrons. The maximum Gasteiger partial charge on any atom is 0.428 e. The zero-order valence-corrected chi connectivity index (χ0v) is 11.0. The van der Waals surface area contributed by atoms with Gasteiger partial charge in [0.05, 0.1) is 6.26 Å². The molecular weight excluding hydrogens is 271 g/mol. The number of aliphatic hydroxyl groups is 1. The Morgan fingerprint density at radius 3 is 2.30 bits per heavy atom. The molecule has 0 amide bonds. The highest BCUT2D eigenvalue weighted by molar-refractivity contribution is 5.50. The summed E-state index contributed by atoms with van der Waals surface area (Å²) >= 11 is 0. The minimum absolute atomic E-state index is 0.286. The van der Waals surface area contributed by atoms with Crippen molar-refractivity contribution in [2.24, 2.45) is 0 Å². The van der Waals surface area contributed by atoms with Crippen LogP contribution in [0, 0.1) is 0 Å². The summed E-state index contributed by atoms with van der Waals surface area (Å²) in [6.45, 7) is 0. The highest BCUT2D eigenvalue weighted by Gasteiger charge is 2.58. The molecule has 0 aliphatic rings. The number of alkyl halides is 3. The van der Waals surface area contributed by atoms with Gasteiger partial charge in [0.1, 0.15) is 5.76 Å². The number of rotatable bonds is 3. The Bertz CT molecular complexity index is 578. The van der Waals surface area contributed by atoms with Gasteiger partial charge in [-0.2, -0.15) is 13.2 Å². The number of hydrogen-bond donors (Lipinski definition) is 1. The van der Waals surface area contributed by atoms with Crippen LogP contribution >= 0.6 is 0 Å². The van der Waals surface area contributed by atoms with Gasteiger partial charge in [-0.1, -0.05) is 12.1 Å². The van der Waals surface area contributed by atoms with Crippen molar-refractivity contribution in [3.63, 3.8) is 0 Å². The van der Waals surface area contributed by atoms with Crippen LogP contribution in [-0.2, 0) is 5.60 Å². The van der Waals surface area contributed by atoms with Crippen molar-refractivity contribution in [2.75, 3.05) is 19.0 Å². The second-order valence-electron chi connectivity index (χ2n) is 4.63. The molecule has 3 nitrogen and oxygen atoms in total. The molecule has 1 unspecified atom stereocenters. The summed E-state index contributed by atoms with van der Waals surface area (Å²) in [5, 5.41) is 10.2. The predicted octanol–water partition coefficient (Wildman–Crippen LogP) is 3.14. The normalized spacial score (nSPS) is 14.9. The smallest absolute Gasteiger partial charge is 0.428 e. The lowest BCUT2D eigenvalue weighted by Crippen LogP contribution is -2.43. The third-order valence-electron chi connectivity index (χ3n) is 3.07. The molecule has 0 saturated heterocycles. The largest absolute Gasteiger partial charge is 0.466 e. The molecule has 0 saturated carbocycles. The average Bonchev–Trinajstić information content (AvgIpc) is 2.90. The molecular formula is C14H14F3NO2. The molecule has 6 heteroatoms. The molecule has 0 fully saturated rings. The lowest BCUT2D eigenvalue weighted by molar-refractivity contribution is -0.254. The van der Waals surface area contributed by atoms with Crippen LogP contribution in [0.4, 0.5) is 18.9 Å². The van der Waals surface area contributed by atoms with Crippen LogP contribution in [0.3, 0.4) is 0 Å². The van der Waals surface area contributed by atoms with Gasteiger partial charge in [0, 0.05) is 25.3 Å². The van der Waals surface area contributed by atoms with Crippen molar-refractivity contribution in [3.8, 4) is 0 Å². The summed E-state index contributed by atoms with van der Waals surface area (Å²) < 4.78 is 44.9. The summed E-state index contributed by atoms with van der Waals surface area (Å²) in [7, 11) is 3.41. The second kappa shape index (κ2) is 4.86. The first kappa shape index (κ1) is 14.5. The number of furan rings is 1. The Balaban J connectivity index is 2.62. The van der Waals surface area contributed by atoms with Gasteiger partial charge in [0.2, 0.25) is 5.60 Å². The average molecular weight is 285 g/mol. The van der Waals surface area contributed by atoms with Crippen molar-refractivity contribution in [2.45, 2.75) is 11.8 Å². The van der Waals surface area contributed by atoms with Crippen molar-refractivity contribution in [3.05, 3.63) is 54.0 Å². The maximum atomic E-state index is 13.4. The van der Waals surface area contributed by atoms with E-state index in [1.165, 1.54) is 24.3 Å². The summed E-state index contributed by atoms with van der Waals surface area (Å²) in [4.78, 5) is 1.66. The first-order valence-electron chi connectivity index (χ1n) is 5.88.